The number of hydrogen-bond donors (Lipinski definition) is 1. The molecule has 1 atom stereocenters. The molecule has 1 aliphatic heterocycles. The number of aliphatic hydroxyl groups excluding tert-OH is 1. The topological polar surface area (TPSA) is 40.5 Å². The van der Waals surface area contributed by atoms with Crippen LogP contribution in [0.3, 0.4) is 0 Å². The Kier molecular flexibility index (Phi) is 5.60. The smallest absolute Gasteiger partial charge is 0.246 e. The number of likely N-dealkylation sites (tertiary alicyclic amines) is 1. The van der Waals surface area contributed by atoms with Crippen LogP contribution in [-0.2, 0) is 4.79 Å². The number of hydrogen-bond acceptors (Lipinski definition) is 3. The zero-order valence-corrected chi connectivity index (χ0v) is 13.1. The molecule has 0 aliphatic carbocycles. The highest BCUT2D eigenvalue weighted by Crippen LogP contribution is 2.24. The van der Waals surface area contributed by atoms with Crippen molar-refractivity contribution in [3.05, 3.63) is 26.9 Å². The standard InChI is InChI=1S/C14H18BrNO2S/c15-13-6-4-12(19-13)5-7-14(18)16-9-2-1-3-11(16)8-10-17/h4-7,11,17H,1-3,8-10H2/b7-5+. The fraction of sp³-hybridized carbons (Fsp3) is 0.500. The summed E-state index contributed by atoms with van der Waals surface area (Å²) in [4.78, 5) is 15.2. The van der Waals surface area contributed by atoms with Crippen molar-refractivity contribution in [3.63, 3.8) is 0 Å². The van der Waals surface area contributed by atoms with Gasteiger partial charge < -0.3 is 10.0 Å². The first-order valence-electron chi connectivity index (χ1n) is 6.55. The van der Waals surface area contributed by atoms with Crippen LogP contribution in [0.1, 0.15) is 30.6 Å². The Morgan fingerprint density at radius 2 is 2.37 bits per heavy atom. The third-order valence-corrected chi connectivity index (χ3v) is 4.95. The van der Waals surface area contributed by atoms with Crippen LogP contribution in [-0.4, -0.2) is 35.1 Å². The second-order valence-corrected chi connectivity index (χ2v) is 7.16. The summed E-state index contributed by atoms with van der Waals surface area (Å²) < 4.78 is 1.07. The van der Waals surface area contributed by atoms with Crippen LogP contribution in [0.5, 0.6) is 0 Å². The zero-order valence-electron chi connectivity index (χ0n) is 10.7. The lowest BCUT2D eigenvalue weighted by atomic mass is 9.99. The normalized spacial score (nSPS) is 20.1. The minimum atomic E-state index is 0.0580. The summed E-state index contributed by atoms with van der Waals surface area (Å²) in [5, 5.41) is 9.07. The maximum absolute atomic E-state index is 12.2. The number of carbonyl (C=O) groups excluding carboxylic acids is 1. The molecule has 0 bridgehead atoms. The average Bonchev–Trinajstić information content (AvgIpc) is 2.83. The molecule has 1 amide bonds. The Morgan fingerprint density at radius 3 is 3.05 bits per heavy atom. The van der Waals surface area contributed by atoms with Gasteiger partial charge in [-0.2, -0.15) is 0 Å². The molecule has 1 saturated heterocycles. The van der Waals surface area contributed by atoms with Crippen LogP contribution in [0.4, 0.5) is 0 Å². The fourth-order valence-electron chi connectivity index (χ4n) is 2.41. The summed E-state index contributed by atoms with van der Waals surface area (Å²) in [7, 11) is 0. The predicted molar refractivity (Wildman–Crippen MR) is 82.1 cm³/mol. The SMILES string of the molecule is O=C(/C=C/c1ccc(Br)s1)N1CCCCC1CCO. The van der Waals surface area contributed by atoms with Gasteiger partial charge in [-0.15, -0.1) is 11.3 Å². The molecule has 3 nitrogen and oxygen atoms in total. The van der Waals surface area contributed by atoms with Gasteiger partial charge in [-0.05, 0) is 59.8 Å². The maximum atomic E-state index is 12.2. The van der Waals surface area contributed by atoms with Gasteiger partial charge in [0.05, 0.1) is 3.79 Å². The summed E-state index contributed by atoms with van der Waals surface area (Å²) in [5.41, 5.74) is 0. The van der Waals surface area contributed by atoms with Crippen molar-refractivity contribution >= 4 is 39.2 Å². The Hall–Kier alpha value is -0.650. The molecule has 1 aromatic heterocycles. The van der Waals surface area contributed by atoms with Gasteiger partial charge in [-0.1, -0.05) is 0 Å². The van der Waals surface area contributed by atoms with Gasteiger partial charge in [0, 0.05) is 30.1 Å². The van der Waals surface area contributed by atoms with Crippen molar-refractivity contribution in [2.75, 3.05) is 13.2 Å². The van der Waals surface area contributed by atoms with Crippen molar-refractivity contribution in [1.82, 2.24) is 4.90 Å². The Labute approximate surface area is 126 Å². The Balaban J connectivity index is 1.99. The van der Waals surface area contributed by atoms with Crippen LogP contribution in [0, 0.1) is 0 Å². The fourth-order valence-corrected chi connectivity index (χ4v) is 3.73. The van der Waals surface area contributed by atoms with Crippen LogP contribution < -0.4 is 0 Å². The van der Waals surface area contributed by atoms with Crippen LogP contribution in [0.2, 0.25) is 0 Å². The summed E-state index contributed by atoms with van der Waals surface area (Å²) in [5.74, 6) is 0.0580. The highest BCUT2D eigenvalue weighted by atomic mass is 79.9. The number of amides is 1. The van der Waals surface area contributed by atoms with E-state index in [1.165, 1.54) is 0 Å². The molecule has 1 unspecified atom stereocenters. The number of carbonyl (C=O) groups is 1. The van der Waals surface area contributed by atoms with Gasteiger partial charge >= 0.3 is 0 Å². The van der Waals surface area contributed by atoms with E-state index < -0.39 is 0 Å². The summed E-state index contributed by atoms with van der Waals surface area (Å²) in [6.07, 6.45) is 7.41. The highest BCUT2D eigenvalue weighted by Gasteiger charge is 2.24. The van der Waals surface area contributed by atoms with Gasteiger partial charge in [0.25, 0.3) is 0 Å². The molecule has 19 heavy (non-hydrogen) atoms. The molecule has 104 valence electrons. The second kappa shape index (κ2) is 7.22. The lowest BCUT2D eigenvalue weighted by Crippen LogP contribution is -2.43. The van der Waals surface area contributed by atoms with E-state index in [1.54, 1.807) is 17.4 Å². The molecule has 1 N–H and O–H groups in total. The van der Waals surface area contributed by atoms with Crippen LogP contribution in [0.15, 0.2) is 22.0 Å². The molecule has 2 heterocycles. The molecule has 5 heteroatoms. The van der Waals surface area contributed by atoms with Gasteiger partial charge in [0.1, 0.15) is 0 Å². The van der Waals surface area contributed by atoms with Crippen molar-refractivity contribution in [2.24, 2.45) is 0 Å². The summed E-state index contributed by atoms with van der Waals surface area (Å²) in [6, 6.07) is 4.16. The maximum Gasteiger partial charge on any atom is 0.246 e. The van der Waals surface area contributed by atoms with Crippen molar-refractivity contribution in [1.29, 1.82) is 0 Å². The van der Waals surface area contributed by atoms with E-state index in [0.717, 1.165) is 34.5 Å². The van der Waals surface area contributed by atoms with E-state index in [0.29, 0.717) is 6.42 Å². The van der Waals surface area contributed by atoms with Crippen molar-refractivity contribution in [3.8, 4) is 0 Å². The third-order valence-electron chi connectivity index (χ3n) is 3.36. The van der Waals surface area contributed by atoms with E-state index >= 15 is 0 Å². The minimum absolute atomic E-state index is 0.0580. The van der Waals surface area contributed by atoms with Crippen molar-refractivity contribution in [2.45, 2.75) is 31.7 Å². The lowest BCUT2D eigenvalue weighted by molar-refractivity contribution is -0.129. The van der Waals surface area contributed by atoms with E-state index in [4.69, 9.17) is 5.11 Å². The van der Waals surface area contributed by atoms with E-state index in [2.05, 4.69) is 15.9 Å². The van der Waals surface area contributed by atoms with Gasteiger partial charge in [0.15, 0.2) is 0 Å². The molecular formula is C14H18BrNO2S. The molecule has 0 saturated carbocycles. The molecule has 1 fully saturated rings. The number of aliphatic hydroxyl groups is 1. The van der Waals surface area contributed by atoms with Gasteiger partial charge in [-0.3, -0.25) is 4.79 Å². The quantitative estimate of drug-likeness (QED) is 0.852. The molecule has 0 radical (unpaired) electrons. The number of piperidine rings is 1. The molecule has 2 rings (SSSR count). The Morgan fingerprint density at radius 1 is 1.53 bits per heavy atom. The largest absolute Gasteiger partial charge is 0.396 e. The number of thiophene rings is 1. The second-order valence-electron chi connectivity index (χ2n) is 4.67. The predicted octanol–water partition coefficient (Wildman–Crippen LogP) is 3.29. The first-order valence-corrected chi connectivity index (χ1v) is 8.16. The summed E-state index contributed by atoms with van der Waals surface area (Å²) >= 11 is 5.01. The van der Waals surface area contributed by atoms with E-state index in [-0.39, 0.29) is 18.6 Å². The van der Waals surface area contributed by atoms with E-state index in [9.17, 15) is 4.79 Å². The van der Waals surface area contributed by atoms with Crippen molar-refractivity contribution < 1.29 is 9.90 Å². The number of nitrogens with zero attached hydrogens (tertiary/aromatic N) is 1. The monoisotopic (exact) mass is 343 g/mol. The molecular weight excluding hydrogens is 326 g/mol. The molecule has 1 aliphatic rings. The number of rotatable bonds is 4. The van der Waals surface area contributed by atoms with Crippen LogP contribution in [0.25, 0.3) is 6.08 Å². The third kappa shape index (κ3) is 4.16. The average molecular weight is 344 g/mol. The summed E-state index contributed by atoms with van der Waals surface area (Å²) in [6.45, 7) is 0.956. The zero-order chi connectivity index (χ0) is 13.7. The van der Waals surface area contributed by atoms with Gasteiger partial charge in [-0.25, -0.2) is 0 Å². The number of halogens is 1. The minimum Gasteiger partial charge on any atom is -0.396 e. The lowest BCUT2D eigenvalue weighted by Gasteiger charge is -2.34. The molecule has 0 spiro atoms. The van der Waals surface area contributed by atoms with E-state index in [1.807, 2.05) is 23.1 Å². The molecule has 1 aromatic rings. The van der Waals surface area contributed by atoms with Gasteiger partial charge in [0.2, 0.25) is 5.91 Å². The first-order chi connectivity index (χ1) is 9.20. The molecule has 0 aromatic carbocycles. The van der Waals surface area contributed by atoms with Crippen LogP contribution >= 0.6 is 27.3 Å². The Bertz CT molecular complexity index is 456. The first kappa shape index (κ1) is 14.8. The highest BCUT2D eigenvalue weighted by molar-refractivity contribution is 9.11.